The molecule has 1 saturated carbocycles. The van der Waals surface area contributed by atoms with Gasteiger partial charge in [-0.2, -0.15) is 0 Å². The van der Waals surface area contributed by atoms with Crippen molar-refractivity contribution in [1.82, 2.24) is 0 Å². The van der Waals surface area contributed by atoms with Crippen molar-refractivity contribution in [2.75, 3.05) is 0 Å². The number of nitrogens with two attached hydrogens (primary N) is 1. The fourth-order valence-corrected chi connectivity index (χ4v) is 3.15. The van der Waals surface area contributed by atoms with E-state index in [1.807, 2.05) is 0 Å². The Labute approximate surface area is 87.8 Å². The molecule has 2 aliphatic carbocycles. The van der Waals surface area contributed by atoms with E-state index in [0.29, 0.717) is 6.04 Å². The zero-order valence-electron chi connectivity index (χ0n) is 9.34. The lowest BCUT2D eigenvalue weighted by Gasteiger charge is -2.27. The van der Waals surface area contributed by atoms with E-state index >= 15 is 0 Å². The molecule has 0 aromatic carbocycles. The van der Waals surface area contributed by atoms with Gasteiger partial charge in [-0.15, -0.1) is 0 Å². The first-order chi connectivity index (χ1) is 6.79. The molecular formula is C13H23N. The van der Waals surface area contributed by atoms with Crippen molar-refractivity contribution in [3.63, 3.8) is 0 Å². The molecule has 1 nitrogen and oxygen atoms in total. The van der Waals surface area contributed by atoms with Crippen LogP contribution in [0.3, 0.4) is 0 Å². The summed E-state index contributed by atoms with van der Waals surface area (Å²) in [5, 5.41) is 0. The minimum atomic E-state index is 0.382. The summed E-state index contributed by atoms with van der Waals surface area (Å²) in [6, 6.07) is 0.382. The summed E-state index contributed by atoms with van der Waals surface area (Å²) >= 11 is 0. The third-order valence-corrected chi connectivity index (χ3v) is 4.14. The fourth-order valence-electron chi connectivity index (χ4n) is 3.15. The zero-order valence-corrected chi connectivity index (χ0v) is 9.34. The van der Waals surface area contributed by atoms with Gasteiger partial charge in [0.25, 0.3) is 0 Å². The summed E-state index contributed by atoms with van der Waals surface area (Å²) < 4.78 is 0. The van der Waals surface area contributed by atoms with Gasteiger partial charge in [0.1, 0.15) is 0 Å². The van der Waals surface area contributed by atoms with Crippen LogP contribution in [0.25, 0.3) is 0 Å². The van der Waals surface area contributed by atoms with Crippen LogP contribution in [0.5, 0.6) is 0 Å². The topological polar surface area (TPSA) is 26.0 Å². The first-order valence-electron chi connectivity index (χ1n) is 6.23. The van der Waals surface area contributed by atoms with Crippen molar-refractivity contribution >= 4 is 0 Å². The highest BCUT2D eigenvalue weighted by molar-refractivity contribution is 5.14. The molecule has 80 valence electrons. The summed E-state index contributed by atoms with van der Waals surface area (Å²) in [5.41, 5.74) is 7.94. The maximum absolute atomic E-state index is 6.38. The molecule has 2 aliphatic rings. The van der Waals surface area contributed by atoms with Crippen LogP contribution in [0.1, 0.15) is 51.9 Å². The minimum absolute atomic E-state index is 0.382. The molecule has 0 radical (unpaired) electrons. The molecule has 0 aromatic heterocycles. The van der Waals surface area contributed by atoms with Gasteiger partial charge in [0, 0.05) is 6.04 Å². The van der Waals surface area contributed by atoms with Gasteiger partial charge in [0.15, 0.2) is 0 Å². The van der Waals surface area contributed by atoms with Crippen LogP contribution in [0.4, 0.5) is 0 Å². The van der Waals surface area contributed by atoms with E-state index in [1.165, 1.54) is 44.9 Å². The van der Waals surface area contributed by atoms with E-state index < -0.39 is 0 Å². The molecule has 2 rings (SSSR count). The first-order valence-corrected chi connectivity index (χ1v) is 6.23. The van der Waals surface area contributed by atoms with E-state index in [9.17, 15) is 0 Å². The fraction of sp³-hybridized carbons (Fsp3) is 0.846. The van der Waals surface area contributed by atoms with Crippen molar-refractivity contribution in [1.29, 1.82) is 0 Å². The Bertz CT molecular complexity index is 219. The van der Waals surface area contributed by atoms with E-state index in [-0.39, 0.29) is 0 Å². The monoisotopic (exact) mass is 193 g/mol. The number of allylic oxidation sites excluding steroid dienone is 1. The Morgan fingerprint density at radius 2 is 2.14 bits per heavy atom. The highest BCUT2D eigenvalue weighted by atomic mass is 14.7. The number of hydrogen-bond donors (Lipinski definition) is 1. The summed E-state index contributed by atoms with van der Waals surface area (Å²) in [4.78, 5) is 0. The van der Waals surface area contributed by atoms with Gasteiger partial charge in [-0.1, -0.05) is 31.4 Å². The average Bonchev–Trinajstić information content (AvgIpc) is 2.65. The molecule has 1 heteroatoms. The Morgan fingerprint density at radius 3 is 2.71 bits per heavy atom. The molecule has 2 N–H and O–H groups in total. The molecule has 0 spiro atoms. The lowest BCUT2D eigenvalue weighted by molar-refractivity contribution is 0.364. The van der Waals surface area contributed by atoms with Crippen molar-refractivity contribution < 1.29 is 0 Å². The second-order valence-electron chi connectivity index (χ2n) is 5.12. The Balaban J connectivity index is 1.99. The molecule has 3 unspecified atom stereocenters. The van der Waals surface area contributed by atoms with E-state index in [1.54, 1.807) is 5.57 Å². The second-order valence-corrected chi connectivity index (χ2v) is 5.12. The third-order valence-electron chi connectivity index (χ3n) is 4.14. The predicted octanol–water partition coefficient (Wildman–Crippen LogP) is 3.25. The van der Waals surface area contributed by atoms with Gasteiger partial charge >= 0.3 is 0 Å². The smallest absolute Gasteiger partial charge is 0.0284 e. The maximum atomic E-state index is 6.38. The van der Waals surface area contributed by atoms with Crippen molar-refractivity contribution in [2.45, 2.75) is 57.9 Å². The molecule has 0 heterocycles. The van der Waals surface area contributed by atoms with Crippen LogP contribution in [0, 0.1) is 11.8 Å². The first kappa shape index (κ1) is 10.2. The highest BCUT2D eigenvalue weighted by Gasteiger charge is 2.30. The standard InChI is InChI=1S/C13H23N/c1-10-6-5-9-12(10)13(14)11-7-3-2-4-8-11/h7,10,12-13H,2-6,8-9,14H2,1H3. The molecule has 0 aromatic rings. The van der Waals surface area contributed by atoms with E-state index in [2.05, 4.69) is 13.0 Å². The summed E-state index contributed by atoms with van der Waals surface area (Å²) in [6.07, 6.45) is 11.8. The molecular weight excluding hydrogens is 170 g/mol. The van der Waals surface area contributed by atoms with Crippen molar-refractivity contribution in [3.05, 3.63) is 11.6 Å². The zero-order chi connectivity index (χ0) is 9.97. The lowest BCUT2D eigenvalue weighted by Crippen LogP contribution is -2.34. The molecule has 1 fully saturated rings. The summed E-state index contributed by atoms with van der Waals surface area (Å²) in [6.45, 7) is 2.38. The maximum Gasteiger partial charge on any atom is 0.0284 e. The third kappa shape index (κ3) is 2.03. The normalized spacial score (nSPS) is 35.4. The Hall–Kier alpha value is -0.300. The van der Waals surface area contributed by atoms with Gasteiger partial charge in [-0.3, -0.25) is 0 Å². The predicted molar refractivity (Wildman–Crippen MR) is 61.0 cm³/mol. The molecule has 3 atom stereocenters. The number of rotatable bonds is 2. The van der Waals surface area contributed by atoms with Crippen LogP contribution >= 0.6 is 0 Å². The van der Waals surface area contributed by atoms with E-state index in [0.717, 1.165) is 11.8 Å². The second kappa shape index (κ2) is 4.48. The van der Waals surface area contributed by atoms with Crippen LogP contribution in [0.2, 0.25) is 0 Å². The molecule has 14 heavy (non-hydrogen) atoms. The molecule has 0 aliphatic heterocycles. The van der Waals surface area contributed by atoms with Gasteiger partial charge in [0.05, 0.1) is 0 Å². The van der Waals surface area contributed by atoms with Crippen LogP contribution in [0.15, 0.2) is 11.6 Å². The summed E-state index contributed by atoms with van der Waals surface area (Å²) in [5.74, 6) is 1.63. The molecule has 0 saturated heterocycles. The molecule has 0 amide bonds. The van der Waals surface area contributed by atoms with Crippen molar-refractivity contribution in [2.24, 2.45) is 17.6 Å². The number of hydrogen-bond acceptors (Lipinski definition) is 1. The van der Waals surface area contributed by atoms with Crippen LogP contribution in [-0.2, 0) is 0 Å². The molecule has 0 bridgehead atoms. The summed E-state index contributed by atoms with van der Waals surface area (Å²) in [7, 11) is 0. The Morgan fingerprint density at radius 1 is 1.29 bits per heavy atom. The minimum Gasteiger partial charge on any atom is -0.324 e. The van der Waals surface area contributed by atoms with Crippen LogP contribution < -0.4 is 5.73 Å². The van der Waals surface area contributed by atoms with Gasteiger partial charge < -0.3 is 5.73 Å². The quantitative estimate of drug-likeness (QED) is 0.669. The SMILES string of the molecule is CC1CCCC1C(N)C1=CCCCC1. The van der Waals surface area contributed by atoms with Crippen LogP contribution in [-0.4, -0.2) is 6.04 Å². The Kier molecular flexibility index (Phi) is 3.27. The average molecular weight is 193 g/mol. The van der Waals surface area contributed by atoms with Gasteiger partial charge in [0.2, 0.25) is 0 Å². The van der Waals surface area contributed by atoms with Gasteiger partial charge in [-0.05, 0) is 43.9 Å². The lowest BCUT2D eigenvalue weighted by atomic mass is 9.82. The largest absolute Gasteiger partial charge is 0.324 e. The van der Waals surface area contributed by atoms with Crippen molar-refractivity contribution in [3.8, 4) is 0 Å². The highest BCUT2D eigenvalue weighted by Crippen LogP contribution is 2.36. The van der Waals surface area contributed by atoms with Gasteiger partial charge in [-0.25, -0.2) is 0 Å². The van der Waals surface area contributed by atoms with E-state index in [4.69, 9.17) is 5.73 Å².